The Hall–Kier alpha value is -3.14. The number of nitro benzene ring substituents is 1. The summed E-state index contributed by atoms with van der Waals surface area (Å²) in [6.45, 7) is 8.77. The monoisotopic (exact) mass is 482 g/mol. The van der Waals surface area contributed by atoms with Crippen LogP contribution in [0.5, 0.6) is 0 Å². The van der Waals surface area contributed by atoms with Gasteiger partial charge in [-0.3, -0.25) is 15.0 Å². The molecule has 0 aromatic heterocycles. The zero-order chi connectivity index (χ0) is 25.0. The van der Waals surface area contributed by atoms with E-state index in [1.165, 1.54) is 36.3 Å². The van der Waals surface area contributed by atoms with E-state index in [4.69, 9.17) is 25.8 Å². The van der Waals surface area contributed by atoms with Gasteiger partial charge in [0.15, 0.2) is 5.54 Å². The van der Waals surface area contributed by atoms with Crippen molar-refractivity contribution in [2.45, 2.75) is 50.9 Å². The van der Waals surface area contributed by atoms with E-state index < -0.39 is 40.2 Å². The van der Waals surface area contributed by atoms with Crippen LogP contribution < -0.4 is 0 Å². The molecule has 33 heavy (non-hydrogen) atoms. The Morgan fingerprint density at radius 3 is 2.36 bits per heavy atom. The van der Waals surface area contributed by atoms with Crippen LogP contribution in [0.3, 0.4) is 0 Å². The van der Waals surface area contributed by atoms with Gasteiger partial charge in [0.2, 0.25) is 0 Å². The topological polar surface area (TPSA) is 125 Å². The minimum Gasteiger partial charge on any atom is -0.467 e. The Morgan fingerprint density at radius 1 is 1.27 bits per heavy atom. The lowest BCUT2D eigenvalue weighted by Crippen LogP contribution is -2.55. The van der Waals surface area contributed by atoms with Gasteiger partial charge in [0.1, 0.15) is 11.7 Å². The number of nitrogens with zero attached hydrogens (tertiary/aromatic N) is 2. The van der Waals surface area contributed by atoms with Gasteiger partial charge in [0, 0.05) is 30.9 Å². The molecule has 1 aromatic rings. The highest BCUT2D eigenvalue weighted by atomic mass is 35.5. The van der Waals surface area contributed by atoms with Crippen LogP contribution in [0, 0.1) is 10.1 Å². The van der Waals surface area contributed by atoms with Gasteiger partial charge in [-0.25, -0.2) is 14.4 Å². The van der Waals surface area contributed by atoms with Gasteiger partial charge in [0.25, 0.3) is 5.69 Å². The van der Waals surface area contributed by atoms with Gasteiger partial charge in [-0.05, 0) is 32.9 Å². The lowest BCUT2D eigenvalue weighted by molar-refractivity contribution is -0.384. The Balaban J connectivity index is 2.34. The summed E-state index contributed by atoms with van der Waals surface area (Å²) in [7, 11) is 1.19. The molecular formula is C22H27ClN2O8. The molecule has 2 rings (SSSR count). The molecule has 0 radical (unpaired) electrons. The SMILES string of the molecule is C=C(CCl)C[C@@]1(C(=O)OC)C[C@@H](OC(=O)c2ccc([N+](=O)[O-])cc2)CN1C(=O)OC(C)(C)C. The average Bonchev–Trinajstić information content (AvgIpc) is 3.10. The predicted octanol–water partition coefficient (Wildman–Crippen LogP) is 3.86. The van der Waals surface area contributed by atoms with Gasteiger partial charge in [0.05, 0.1) is 24.1 Å². The second-order valence-electron chi connectivity index (χ2n) is 8.71. The molecule has 1 heterocycles. The van der Waals surface area contributed by atoms with Crippen LogP contribution in [0.25, 0.3) is 0 Å². The smallest absolute Gasteiger partial charge is 0.411 e. The highest BCUT2D eigenvalue weighted by Gasteiger charge is 2.56. The van der Waals surface area contributed by atoms with E-state index in [0.717, 1.165) is 0 Å². The molecule has 0 unspecified atom stereocenters. The molecule has 1 fully saturated rings. The van der Waals surface area contributed by atoms with Crippen molar-refractivity contribution < 1.29 is 33.5 Å². The Bertz CT molecular complexity index is 941. The number of nitro groups is 1. The van der Waals surface area contributed by atoms with Crippen molar-refractivity contribution in [3.8, 4) is 0 Å². The zero-order valence-electron chi connectivity index (χ0n) is 19.0. The number of amides is 1. The molecule has 10 nitrogen and oxygen atoms in total. The van der Waals surface area contributed by atoms with Gasteiger partial charge in [-0.1, -0.05) is 12.2 Å². The number of alkyl halides is 1. The molecule has 0 aliphatic carbocycles. The first-order valence-corrected chi connectivity index (χ1v) is 10.6. The lowest BCUT2D eigenvalue weighted by Gasteiger charge is -2.36. The maximum Gasteiger partial charge on any atom is 0.411 e. The number of halogens is 1. The average molecular weight is 483 g/mol. The van der Waals surface area contributed by atoms with Crippen LogP contribution in [0.1, 0.15) is 44.0 Å². The number of carbonyl (C=O) groups excluding carboxylic acids is 3. The van der Waals surface area contributed by atoms with E-state index >= 15 is 0 Å². The van der Waals surface area contributed by atoms with Crippen LogP contribution in [0.2, 0.25) is 0 Å². The minimum atomic E-state index is -1.52. The van der Waals surface area contributed by atoms with Gasteiger partial charge in [-0.15, -0.1) is 11.6 Å². The van der Waals surface area contributed by atoms with Crippen molar-refractivity contribution in [2.75, 3.05) is 19.5 Å². The molecular weight excluding hydrogens is 456 g/mol. The minimum absolute atomic E-state index is 0.00595. The Morgan fingerprint density at radius 2 is 1.88 bits per heavy atom. The van der Waals surface area contributed by atoms with E-state index in [1.54, 1.807) is 20.8 Å². The number of hydrogen-bond donors (Lipinski definition) is 0. The number of non-ortho nitro benzene ring substituents is 1. The number of hydrogen-bond acceptors (Lipinski definition) is 8. The maximum atomic E-state index is 13.0. The van der Waals surface area contributed by atoms with Gasteiger partial charge >= 0.3 is 18.0 Å². The largest absolute Gasteiger partial charge is 0.467 e. The molecule has 0 spiro atoms. The zero-order valence-corrected chi connectivity index (χ0v) is 19.7. The molecule has 1 aliphatic heterocycles. The van der Waals surface area contributed by atoms with E-state index in [2.05, 4.69) is 6.58 Å². The third kappa shape index (κ3) is 6.22. The van der Waals surface area contributed by atoms with Crippen molar-refractivity contribution in [1.29, 1.82) is 0 Å². The Labute approximate surface area is 196 Å². The van der Waals surface area contributed by atoms with Gasteiger partial charge < -0.3 is 14.2 Å². The van der Waals surface area contributed by atoms with Crippen LogP contribution >= 0.6 is 11.6 Å². The second-order valence-corrected chi connectivity index (χ2v) is 8.98. The summed E-state index contributed by atoms with van der Waals surface area (Å²) in [5.74, 6) is -1.42. The molecule has 0 bridgehead atoms. The molecule has 1 aliphatic rings. The summed E-state index contributed by atoms with van der Waals surface area (Å²) in [5.41, 5.74) is -1.96. The normalized spacial score (nSPS) is 20.2. The van der Waals surface area contributed by atoms with E-state index in [-0.39, 0.29) is 36.5 Å². The summed E-state index contributed by atoms with van der Waals surface area (Å²) in [5, 5.41) is 10.8. The number of benzene rings is 1. The van der Waals surface area contributed by atoms with Crippen molar-refractivity contribution in [3.05, 3.63) is 52.1 Å². The van der Waals surface area contributed by atoms with Crippen LogP contribution in [-0.4, -0.2) is 64.6 Å². The number of esters is 2. The standard InChI is InChI=1S/C22H27ClN2O8/c1-14(12-23)10-22(19(27)31-5)11-17(13-24(22)20(28)33-21(2,3)4)32-18(26)15-6-8-16(9-7-15)25(29)30/h6-9,17H,1,10-13H2,2-5H3/t17-,22+/m1/s1. The van der Waals surface area contributed by atoms with Crippen LogP contribution in [-0.2, 0) is 19.0 Å². The molecule has 1 saturated heterocycles. The number of ether oxygens (including phenoxy) is 3. The molecule has 1 aromatic carbocycles. The predicted molar refractivity (Wildman–Crippen MR) is 119 cm³/mol. The molecule has 1 amide bonds. The van der Waals surface area contributed by atoms with Gasteiger partial charge in [-0.2, -0.15) is 0 Å². The summed E-state index contributed by atoms with van der Waals surface area (Å²) < 4.78 is 16.0. The van der Waals surface area contributed by atoms with E-state index in [1.807, 2.05) is 0 Å². The first-order chi connectivity index (χ1) is 15.3. The fourth-order valence-corrected chi connectivity index (χ4v) is 3.69. The number of rotatable bonds is 7. The molecule has 0 saturated carbocycles. The molecule has 180 valence electrons. The molecule has 11 heteroatoms. The van der Waals surface area contributed by atoms with Crippen molar-refractivity contribution in [3.63, 3.8) is 0 Å². The molecule has 2 atom stereocenters. The number of likely N-dealkylation sites (tertiary alicyclic amines) is 1. The van der Waals surface area contributed by atoms with Crippen molar-refractivity contribution >= 4 is 35.3 Å². The maximum absolute atomic E-state index is 13.0. The fourth-order valence-electron chi connectivity index (χ4n) is 3.60. The van der Waals surface area contributed by atoms with Crippen molar-refractivity contribution in [2.24, 2.45) is 0 Å². The van der Waals surface area contributed by atoms with E-state index in [9.17, 15) is 24.5 Å². The quantitative estimate of drug-likeness (QED) is 0.143. The van der Waals surface area contributed by atoms with Crippen LogP contribution in [0.4, 0.5) is 10.5 Å². The first-order valence-electron chi connectivity index (χ1n) is 10.1. The molecule has 0 N–H and O–H groups in total. The number of carbonyl (C=O) groups is 3. The second kappa shape index (κ2) is 10.2. The van der Waals surface area contributed by atoms with Crippen molar-refractivity contribution in [1.82, 2.24) is 4.90 Å². The highest BCUT2D eigenvalue weighted by Crippen LogP contribution is 2.39. The van der Waals surface area contributed by atoms with E-state index in [0.29, 0.717) is 5.57 Å². The summed E-state index contributed by atoms with van der Waals surface area (Å²) >= 11 is 5.89. The highest BCUT2D eigenvalue weighted by molar-refractivity contribution is 6.19. The third-order valence-electron chi connectivity index (χ3n) is 4.97. The summed E-state index contributed by atoms with van der Waals surface area (Å²) in [6, 6.07) is 4.90. The third-order valence-corrected chi connectivity index (χ3v) is 5.34. The Kier molecular flexibility index (Phi) is 8.07. The lowest BCUT2D eigenvalue weighted by atomic mass is 9.88. The summed E-state index contributed by atoms with van der Waals surface area (Å²) in [6.07, 6.45) is -1.71. The summed E-state index contributed by atoms with van der Waals surface area (Å²) in [4.78, 5) is 50.0. The number of methoxy groups -OCH3 is 1. The fraction of sp³-hybridized carbons (Fsp3) is 0.500. The first kappa shape index (κ1) is 26.1. The van der Waals surface area contributed by atoms with Crippen LogP contribution in [0.15, 0.2) is 36.4 Å².